The third-order valence-electron chi connectivity index (χ3n) is 2.08. The number of hydrogen-bond acceptors (Lipinski definition) is 4. The van der Waals surface area contributed by atoms with E-state index in [0.717, 1.165) is 0 Å². The van der Waals surface area contributed by atoms with E-state index in [-0.39, 0.29) is 12.4 Å². The molecular formula is C12H14O4. The van der Waals surface area contributed by atoms with Crippen LogP contribution in [0.5, 0.6) is 5.75 Å². The number of hydrogen-bond donors (Lipinski definition) is 0. The van der Waals surface area contributed by atoms with E-state index in [1.807, 2.05) is 6.92 Å². The molecule has 0 aliphatic rings. The summed E-state index contributed by atoms with van der Waals surface area (Å²) in [6, 6.07) is 6.68. The van der Waals surface area contributed by atoms with Crippen LogP contribution in [0.2, 0.25) is 0 Å². The van der Waals surface area contributed by atoms with Gasteiger partial charge >= 0.3 is 5.97 Å². The van der Waals surface area contributed by atoms with E-state index in [4.69, 9.17) is 4.74 Å². The van der Waals surface area contributed by atoms with Crippen molar-refractivity contribution >= 4 is 11.8 Å². The molecule has 0 unspecified atom stereocenters. The van der Waals surface area contributed by atoms with Crippen molar-refractivity contribution in [1.29, 1.82) is 0 Å². The van der Waals surface area contributed by atoms with Crippen LogP contribution in [-0.4, -0.2) is 25.5 Å². The highest BCUT2D eigenvalue weighted by Crippen LogP contribution is 2.13. The molecule has 0 amide bonds. The van der Waals surface area contributed by atoms with Crippen LogP contribution in [0, 0.1) is 0 Å². The predicted molar refractivity (Wildman–Crippen MR) is 58.6 cm³/mol. The summed E-state index contributed by atoms with van der Waals surface area (Å²) in [5.41, 5.74) is 0.646. The number of carbonyl (C=O) groups excluding carboxylic acids is 2. The van der Waals surface area contributed by atoms with Gasteiger partial charge in [-0.3, -0.25) is 4.79 Å². The highest BCUT2D eigenvalue weighted by molar-refractivity contribution is 5.95. The van der Waals surface area contributed by atoms with Gasteiger partial charge in [0.25, 0.3) is 0 Å². The zero-order chi connectivity index (χ0) is 12.0. The Morgan fingerprint density at radius 3 is 2.31 bits per heavy atom. The summed E-state index contributed by atoms with van der Waals surface area (Å²) in [5, 5.41) is 0. The van der Waals surface area contributed by atoms with E-state index in [9.17, 15) is 9.59 Å². The topological polar surface area (TPSA) is 52.6 Å². The second kappa shape index (κ2) is 5.90. The van der Waals surface area contributed by atoms with E-state index in [1.165, 1.54) is 7.11 Å². The highest BCUT2D eigenvalue weighted by atomic mass is 16.6. The zero-order valence-corrected chi connectivity index (χ0v) is 9.36. The van der Waals surface area contributed by atoms with Gasteiger partial charge in [-0.25, -0.2) is 4.79 Å². The number of benzene rings is 1. The summed E-state index contributed by atoms with van der Waals surface area (Å²) in [6.45, 7) is 1.68. The lowest BCUT2D eigenvalue weighted by Crippen LogP contribution is -2.12. The van der Waals surface area contributed by atoms with Crippen molar-refractivity contribution in [2.24, 2.45) is 0 Å². The molecule has 86 valence electrons. The number of Topliss-reactive ketones (excluding diaryl/α,β-unsaturated/α-hetero) is 1. The number of rotatable bonds is 5. The van der Waals surface area contributed by atoms with Gasteiger partial charge in [0.2, 0.25) is 0 Å². The Bertz CT molecular complexity index is 367. The fourth-order valence-corrected chi connectivity index (χ4v) is 1.14. The second-order valence-corrected chi connectivity index (χ2v) is 3.17. The Morgan fingerprint density at radius 1 is 1.19 bits per heavy atom. The molecule has 0 aliphatic heterocycles. The molecule has 0 saturated heterocycles. The van der Waals surface area contributed by atoms with Crippen molar-refractivity contribution in [1.82, 2.24) is 0 Å². The molecule has 4 nitrogen and oxygen atoms in total. The number of carbonyl (C=O) groups is 2. The van der Waals surface area contributed by atoms with Gasteiger partial charge in [0, 0.05) is 12.0 Å². The second-order valence-electron chi connectivity index (χ2n) is 3.17. The maximum Gasteiger partial charge on any atom is 0.343 e. The van der Waals surface area contributed by atoms with Crippen molar-refractivity contribution in [2.45, 2.75) is 13.3 Å². The number of esters is 1. The van der Waals surface area contributed by atoms with Crippen molar-refractivity contribution in [2.75, 3.05) is 13.7 Å². The molecule has 0 N–H and O–H groups in total. The van der Waals surface area contributed by atoms with Crippen LogP contribution in [0.25, 0.3) is 0 Å². The number of methoxy groups -OCH3 is 1. The first-order valence-electron chi connectivity index (χ1n) is 5.00. The average molecular weight is 222 g/mol. The molecule has 1 aromatic carbocycles. The minimum absolute atomic E-state index is 0.0829. The molecule has 0 aromatic heterocycles. The lowest BCUT2D eigenvalue weighted by Gasteiger charge is -2.05. The molecule has 4 heteroatoms. The van der Waals surface area contributed by atoms with Gasteiger partial charge in [0.05, 0.1) is 7.11 Å². The first-order chi connectivity index (χ1) is 7.67. The van der Waals surface area contributed by atoms with Crippen molar-refractivity contribution < 1.29 is 19.1 Å². The van der Waals surface area contributed by atoms with Crippen LogP contribution < -0.4 is 4.74 Å². The number of ether oxygens (including phenoxy) is 2. The summed E-state index contributed by atoms with van der Waals surface area (Å²) < 4.78 is 9.57. The maximum atomic E-state index is 11.3. The average Bonchev–Trinajstić information content (AvgIpc) is 2.35. The Morgan fingerprint density at radius 2 is 1.81 bits per heavy atom. The molecule has 0 radical (unpaired) electrons. The highest BCUT2D eigenvalue weighted by Gasteiger charge is 2.04. The van der Waals surface area contributed by atoms with Gasteiger partial charge < -0.3 is 9.47 Å². The Hall–Kier alpha value is -1.84. The lowest BCUT2D eigenvalue weighted by atomic mass is 10.1. The first kappa shape index (κ1) is 12.2. The normalized spacial score (nSPS) is 9.62. The van der Waals surface area contributed by atoms with Crippen LogP contribution in [0.15, 0.2) is 24.3 Å². The van der Waals surface area contributed by atoms with Gasteiger partial charge in [0.1, 0.15) is 5.75 Å². The first-order valence-corrected chi connectivity index (χ1v) is 5.00. The molecule has 0 bridgehead atoms. The monoisotopic (exact) mass is 222 g/mol. The summed E-state index contributed by atoms with van der Waals surface area (Å²) in [7, 11) is 1.30. The summed E-state index contributed by atoms with van der Waals surface area (Å²) >= 11 is 0. The molecule has 0 atom stereocenters. The van der Waals surface area contributed by atoms with E-state index < -0.39 is 5.97 Å². The molecule has 0 fully saturated rings. The summed E-state index contributed by atoms with van der Waals surface area (Å²) in [4.78, 5) is 22.1. The smallest absolute Gasteiger partial charge is 0.343 e. The predicted octanol–water partition coefficient (Wildman–Crippen LogP) is 1.83. The van der Waals surface area contributed by atoms with Gasteiger partial charge in [-0.1, -0.05) is 6.92 Å². The van der Waals surface area contributed by atoms with E-state index >= 15 is 0 Å². The van der Waals surface area contributed by atoms with Crippen LogP contribution >= 0.6 is 0 Å². The van der Waals surface area contributed by atoms with E-state index in [1.54, 1.807) is 24.3 Å². The van der Waals surface area contributed by atoms with Crippen molar-refractivity contribution in [3.8, 4) is 5.75 Å². The standard InChI is InChI=1S/C12H14O4/c1-3-11(13)9-4-6-10(7-5-9)16-8-12(14)15-2/h4-7H,3,8H2,1-2H3. The molecule has 0 heterocycles. The fraction of sp³-hybridized carbons (Fsp3) is 0.333. The van der Waals surface area contributed by atoms with Crippen LogP contribution in [-0.2, 0) is 9.53 Å². The van der Waals surface area contributed by atoms with Gasteiger partial charge in [-0.2, -0.15) is 0 Å². The Balaban J connectivity index is 2.58. The van der Waals surface area contributed by atoms with Crippen molar-refractivity contribution in [3.05, 3.63) is 29.8 Å². The molecular weight excluding hydrogens is 208 g/mol. The van der Waals surface area contributed by atoms with Crippen molar-refractivity contribution in [3.63, 3.8) is 0 Å². The largest absolute Gasteiger partial charge is 0.482 e. The SMILES string of the molecule is CCC(=O)c1ccc(OCC(=O)OC)cc1. The van der Waals surface area contributed by atoms with Gasteiger partial charge in [0.15, 0.2) is 12.4 Å². The van der Waals surface area contributed by atoms with Gasteiger partial charge in [-0.15, -0.1) is 0 Å². The van der Waals surface area contributed by atoms with Crippen LogP contribution in [0.1, 0.15) is 23.7 Å². The summed E-state index contributed by atoms with van der Waals surface area (Å²) in [5.74, 6) is 0.186. The molecule has 16 heavy (non-hydrogen) atoms. The van der Waals surface area contributed by atoms with E-state index in [2.05, 4.69) is 4.74 Å². The molecule has 1 rings (SSSR count). The Kier molecular flexibility index (Phi) is 4.51. The third kappa shape index (κ3) is 3.38. The zero-order valence-electron chi connectivity index (χ0n) is 9.36. The van der Waals surface area contributed by atoms with E-state index in [0.29, 0.717) is 17.7 Å². The minimum Gasteiger partial charge on any atom is -0.482 e. The summed E-state index contributed by atoms with van der Waals surface area (Å²) in [6.07, 6.45) is 0.475. The third-order valence-corrected chi connectivity index (χ3v) is 2.08. The minimum atomic E-state index is -0.436. The number of ketones is 1. The van der Waals surface area contributed by atoms with Crippen LogP contribution in [0.3, 0.4) is 0 Å². The molecule has 1 aromatic rings. The molecule has 0 spiro atoms. The Labute approximate surface area is 94.2 Å². The lowest BCUT2D eigenvalue weighted by molar-refractivity contribution is -0.142. The molecule has 0 saturated carbocycles. The molecule has 0 aliphatic carbocycles. The van der Waals surface area contributed by atoms with Crippen LogP contribution in [0.4, 0.5) is 0 Å². The fourth-order valence-electron chi connectivity index (χ4n) is 1.14. The quantitative estimate of drug-likeness (QED) is 0.563. The van der Waals surface area contributed by atoms with Gasteiger partial charge in [-0.05, 0) is 24.3 Å². The maximum absolute atomic E-state index is 11.3.